The second kappa shape index (κ2) is 3.80. The zero-order valence-electron chi connectivity index (χ0n) is 6.17. The highest BCUT2D eigenvalue weighted by atomic mass is 127. The van der Waals surface area contributed by atoms with Crippen LogP contribution in [0.25, 0.3) is 0 Å². The van der Waals surface area contributed by atoms with E-state index >= 15 is 0 Å². The fourth-order valence-electron chi connectivity index (χ4n) is 0.731. The third-order valence-corrected chi connectivity index (χ3v) is 4.27. The highest BCUT2D eigenvalue weighted by Gasteiger charge is 2.18. The lowest BCUT2D eigenvalue weighted by Crippen LogP contribution is -2.17. The molecule has 58 valence electrons. The largest absolute Gasteiger partial charge is 0.358 e. The Hall–Kier alpha value is 0.550. The van der Waals surface area contributed by atoms with Crippen LogP contribution in [0.1, 0.15) is 0 Å². The normalized spacial score (nSPS) is 24.7. The molecule has 0 aromatic carbocycles. The maximum absolute atomic E-state index is 4.39. The average molecular weight is 270 g/mol. The Labute approximate surface area is 79.6 Å². The molecule has 4 heteroatoms. The molecular formula is C6H11IN2S. The molecule has 0 N–H and O–H groups in total. The van der Waals surface area contributed by atoms with Crippen LogP contribution in [0.5, 0.6) is 0 Å². The summed E-state index contributed by atoms with van der Waals surface area (Å²) >= 11 is 4.30. The molecule has 10 heavy (non-hydrogen) atoms. The van der Waals surface area contributed by atoms with Crippen LogP contribution in [0.4, 0.5) is 0 Å². The first-order valence-electron chi connectivity index (χ1n) is 3.18. The Morgan fingerprint density at radius 1 is 1.80 bits per heavy atom. The monoisotopic (exact) mass is 270 g/mol. The molecule has 0 amide bonds. The van der Waals surface area contributed by atoms with Crippen molar-refractivity contribution in [3.05, 3.63) is 0 Å². The standard InChI is InChI=1S/C6H11IN2S/c1-9(2)6-8-4-5(3-7)10-6/h5H,3-4H2,1-2H3/t5-/m1/s1. The lowest BCUT2D eigenvalue weighted by atomic mass is 10.5. The van der Waals surface area contributed by atoms with Crippen molar-refractivity contribution in [2.24, 2.45) is 4.99 Å². The molecule has 0 radical (unpaired) electrons. The fourth-order valence-corrected chi connectivity index (χ4v) is 2.42. The summed E-state index contributed by atoms with van der Waals surface area (Å²) in [4.78, 5) is 6.47. The van der Waals surface area contributed by atoms with E-state index in [4.69, 9.17) is 0 Å². The number of hydrogen-bond acceptors (Lipinski definition) is 3. The molecule has 2 nitrogen and oxygen atoms in total. The van der Waals surface area contributed by atoms with Gasteiger partial charge in [0.05, 0.1) is 6.54 Å². The first kappa shape index (κ1) is 8.64. The van der Waals surface area contributed by atoms with Crippen molar-refractivity contribution < 1.29 is 0 Å². The third-order valence-electron chi connectivity index (χ3n) is 1.26. The Balaban J connectivity index is 2.39. The number of alkyl halides is 1. The lowest BCUT2D eigenvalue weighted by molar-refractivity contribution is 0.635. The van der Waals surface area contributed by atoms with Gasteiger partial charge in [0.25, 0.3) is 0 Å². The summed E-state index contributed by atoms with van der Waals surface area (Å²) in [5, 5.41) is 1.90. The summed E-state index contributed by atoms with van der Waals surface area (Å²) in [5.41, 5.74) is 0. The van der Waals surface area contributed by atoms with Crippen LogP contribution in [0.15, 0.2) is 4.99 Å². The average Bonchev–Trinajstić information content (AvgIpc) is 2.34. The van der Waals surface area contributed by atoms with Crippen molar-refractivity contribution in [3.63, 3.8) is 0 Å². The van der Waals surface area contributed by atoms with Crippen LogP contribution in [0, 0.1) is 0 Å². The van der Waals surface area contributed by atoms with E-state index in [1.54, 1.807) is 0 Å². The molecule has 0 fully saturated rings. The van der Waals surface area contributed by atoms with Gasteiger partial charge in [-0.3, -0.25) is 4.99 Å². The van der Waals surface area contributed by atoms with Gasteiger partial charge in [-0.05, 0) is 0 Å². The van der Waals surface area contributed by atoms with E-state index in [0.717, 1.165) is 11.8 Å². The van der Waals surface area contributed by atoms with Crippen LogP contribution < -0.4 is 0 Å². The predicted octanol–water partition coefficient (Wildman–Crippen LogP) is 1.45. The molecule has 0 aromatic heterocycles. The van der Waals surface area contributed by atoms with Crippen LogP contribution in [0.2, 0.25) is 0 Å². The molecule has 1 rings (SSSR count). The molecule has 1 aliphatic rings. The molecule has 0 spiro atoms. The summed E-state index contributed by atoms with van der Waals surface area (Å²) in [7, 11) is 4.09. The van der Waals surface area contributed by atoms with E-state index in [9.17, 15) is 0 Å². The van der Waals surface area contributed by atoms with Gasteiger partial charge in [0.1, 0.15) is 0 Å². The van der Waals surface area contributed by atoms with Crippen LogP contribution in [-0.4, -0.2) is 40.4 Å². The number of rotatable bonds is 1. The van der Waals surface area contributed by atoms with Gasteiger partial charge in [0.2, 0.25) is 0 Å². The number of aliphatic imine (C=N–C) groups is 1. The van der Waals surface area contributed by atoms with Gasteiger partial charge in [0, 0.05) is 23.8 Å². The first-order chi connectivity index (χ1) is 4.74. The van der Waals surface area contributed by atoms with Crippen LogP contribution >= 0.6 is 34.4 Å². The predicted molar refractivity (Wildman–Crippen MR) is 56.3 cm³/mol. The summed E-state index contributed by atoms with van der Waals surface area (Å²) in [5.74, 6) is 0. The van der Waals surface area contributed by atoms with Gasteiger partial charge in [-0.1, -0.05) is 34.4 Å². The van der Waals surface area contributed by atoms with E-state index in [1.165, 1.54) is 9.60 Å². The Morgan fingerprint density at radius 3 is 2.80 bits per heavy atom. The minimum atomic E-state index is 0.720. The molecule has 0 bridgehead atoms. The van der Waals surface area contributed by atoms with Gasteiger partial charge in [-0.2, -0.15) is 0 Å². The molecule has 0 aliphatic carbocycles. The first-order valence-corrected chi connectivity index (χ1v) is 5.59. The smallest absolute Gasteiger partial charge is 0.159 e. The molecular weight excluding hydrogens is 259 g/mol. The molecule has 1 aliphatic heterocycles. The minimum absolute atomic E-state index is 0.720. The van der Waals surface area contributed by atoms with E-state index in [-0.39, 0.29) is 0 Å². The van der Waals surface area contributed by atoms with E-state index in [0.29, 0.717) is 0 Å². The number of hydrogen-bond donors (Lipinski definition) is 0. The molecule has 1 atom stereocenters. The Morgan fingerprint density at radius 2 is 2.50 bits per heavy atom. The van der Waals surface area contributed by atoms with Gasteiger partial charge in [0.15, 0.2) is 5.17 Å². The van der Waals surface area contributed by atoms with Crippen LogP contribution in [0.3, 0.4) is 0 Å². The molecule has 0 saturated carbocycles. The third kappa shape index (κ3) is 2.02. The zero-order chi connectivity index (χ0) is 7.56. The lowest BCUT2D eigenvalue weighted by Gasteiger charge is -2.10. The maximum atomic E-state index is 4.39. The second-order valence-electron chi connectivity index (χ2n) is 2.41. The molecule has 0 saturated heterocycles. The summed E-state index contributed by atoms with van der Waals surface area (Å²) in [6, 6.07) is 0. The summed E-state index contributed by atoms with van der Waals surface area (Å²) in [6.07, 6.45) is 0. The Bertz CT molecular complexity index is 147. The maximum Gasteiger partial charge on any atom is 0.159 e. The van der Waals surface area contributed by atoms with Crippen molar-refractivity contribution in [2.75, 3.05) is 25.1 Å². The number of halogens is 1. The van der Waals surface area contributed by atoms with Crippen LogP contribution in [-0.2, 0) is 0 Å². The van der Waals surface area contributed by atoms with E-state index in [1.807, 2.05) is 25.9 Å². The van der Waals surface area contributed by atoms with E-state index < -0.39 is 0 Å². The highest BCUT2D eigenvalue weighted by molar-refractivity contribution is 14.1. The summed E-state index contributed by atoms with van der Waals surface area (Å²) in [6.45, 7) is 1.00. The SMILES string of the molecule is CN(C)C1=NC[C@@H](CI)S1. The highest BCUT2D eigenvalue weighted by Crippen LogP contribution is 2.23. The quantitative estimate of drug-likeness (QED) is 0.529. The van der Waals surface area contributed by atoms with Crippen molar-refractivity contribution in [2.45, 2.75) is 5.25 Å². The number of thioether (sulfide) groups is 1. The summed E-state index contributed by atoms with van der Waals surface area (Å²) < 4.78 is 1.20. The zero-order valence-corrected chi connectivity index (χ0v) is 9.15. The van der Waals surface area contributed by atoms with Crippen molar-refractivity contribution in [3.8, 4) is 0 Å². The molecule has 0 aromatic rings. The van der Waals surface area contributed by atoms with Gasteiger partial charge in [-0.15, -0.1) is 0 Å². The van der Waals surface area contributed by atoms with Crippen molar-refractivity contribution >= 4 is 39.5 Å². The topological polar surface area (TPSA) is 15.6 Å². The van der Waals surface area contributed by atoms with Gasteiger partial charge < -0.3 is 4.90 Å². The van der Waals surface area contributed by atoms with E-state index in [2.05, 4.69) is 32.5 Å². The Kier molecular flexibility index (Phi) is 3.29. The molecule has 1 heterocycles. The van der Waals surface area contributed by atoms with Crippen molar-refractivity contribution in [1.82, 2.24) is 4.90 Å². The van der Waals surface area contributed by atoms with Crippen molar-refractivity contribution in [1.29, 1.82) is 0 Å². The van der Waals surface area contributed by atoms with Gasteiger partial charge in [-0.25, -0.2) is 0 Å². The number of amidine groups is 1. The van der Waals surface area contributed by atoms with Gasteiger partial charge >= 0.3 is 0 Å². The fraction of sp³-hybridized carbons (Fsp3) is 0.833. The number of nitrogens with zero attached hydrogens (tertiary/aromatic N) is 2. The molecule has 0 unspecified atom stereocenters. The second-order valence-corrected chi connectivity index (χ2v) is 4.56. The minimum Gasteiger partial charge on any atom is -0.358 e.